The zero-order valence-electron chi connectivity index (χ0n) is 11.4. The molecule has 1 aromatic rings. The van der Waals surface area contributed by atoms with E-state index in [1.807, 2.05) is 12.4 Å². The molecule has 0 bridgehead atoms. The Morgan fingerprint density at radius 2 is 2.06 bits per heavy atom. The van der Waals surface area contributed by atoms with Crippen LogP contribution in [0.2, 0.25) is 0 Å². The molecule has 2 rings (SSSR count). The maximum absolute atomic E-state index is 5.75. The molecule has 2 heterocycles. The Labute approximate surface area is 110 Å². The lowest BCUT2D eigenvalue weighted by atomic mass is 10.0. The lowest BCUT2D eigenvalue weighted by molar-refractivity contribution is 0.0340. The Bertz CT molecular complexity index is 354. The van der Waals surface area contributed by atoms with Crippen LogP contribution in [0.15, 0.2) is 24.5 Å². The van der Waals surface area contributed by atoms with Gasteiger partial charge in [0.15, 0.2) is 0 Å². The molecule has 1 aliphatic rings. The molecule has 0 radical (unpaired) electrons. The van der Waals surface area contributed by atoms with Crippen molar-refractivity contribution in [2.24, 2.45) is 5.73 Å². The molecule has 0 amide bonds. The lowest BCUT2D eigenvalue weighted by Gasteiger charge is -2.44. The van der Waals surface area contributed by atoms with E-state index in [4.69, 9.17) is 5.73 Å². The second-order valence-electron chi connectivity index (χ2n) is 5.33. The third-order valence-electron chi connectivity index (χ3n) is 3.75. The highest BCUT2D eigenvalue weighted by molar-refractivity contribution is 5.10. The predicted molar refractivity (Wildman–Crippen MR) is 74.2 cm³/mol. The minimum atomic E-state index is 0.567. The number of aromatic nitrogens is 1. The highest BCUT2D eigenvalue weighted by Crippen LogP contribution is 2.19. The molecule has 0 aliphatic carbocycles. The molecular weight excluding hydrogens is 224 g/mol. The van der Waals surface area contributed by atoms with Crippen LogP contribution in [0.4, 0.5) is 0 Å². The molecule has 0 saturated carbocycles. The monoisotopic (exact) mass is 248 g/mol. The van der Waals surface area contributed by atoms with Gasteiger partial charge in [-0.15, -0.1) is 0 Å². The SMILES string of the molecule is CC1CN(C)CC(CCN)N1Cc1ccncc1. The standard InChI is InChI=1S/C14H24N4/c1-12-9-17(2)11-14(3-6-15)18(12)10-13-4-7-16-8-5-13/h4-5,7-8,12,14H,3,6,9-11,15H2,1-2H3. The molecule has 4 heteroatoms. The highest BCUT2D eigenvalue weighted by Gasteiger charge is 2.29. The molecule has 100 valence electrons. The van der Waals surface area contributed by atoms with E-state index < -0.39 is 0 Å². The molecule has 1 aliphatic heterocycles. The van der Waals surface area contributed by atoms with E-state index in [1.54, 1.807) is 0 Å². The molecule has 2 unspecified atom stereocenters. The first-order valence-electron chi connectivity index (χ1n) is 6.74. The van der Waals surface area contributed by atoms with Gasteiger partial charge in [0.25, 0.3) is 0 Å². The minimum Gasteiger partial charge on any atom is -0.330 e. The minimum absolute atomic E-state index is 0.567. The molecular formula is C14H24N4. The van der Waals surface area contributed by atoms with E-state index in [-0.39, 0.29) is 0 Å². The van der Waals surface area contributed by atoms with Gasteiger partial charge in [0, 0.05) is 44.1 Å². The number of pyridine rings is 1. The average Bonchev–Trinajstić information content (AvgIpc) is 2.35. The van der Waals surface area contributed by atoms with Crippen molar-refractivity contribution in [1.29, 1.82) is 0 Å². The molecule has 18 heavy (non-hydrogen) atoms. The van der Waals surface area contributed by atoms with E-state index in [0.717, 1.165) is 32.6 Å². The van der Waals surface area contributed by atoms with Crippen molar-refractivity contribution in [3.63, 3.8) is 0 Å². The number of nitrogens with zero attached hydrogens (tertiary/aromatic N) is 3. The second-order valence-corrected chi connectivity index (χ2v) is 5.33. The Kier molecular flexibility index (Phi) is 4.69. The fraction of sp³-hybridized carbons (Fsp3) is 0.643. The van der Waals surface area contributed by atoms with E-state index in [1.165, 1.54) is 5.56 Å². The van der Waals surface area contributed by atoms with Crippen LogP contribution in [-0.4, -0.2) is 53.5 Å². The summed E-state index contributed by atoms with van der Waals surface area (Å²) in [4.78, 5) is 9.07. The van der Waals surface area contributed by atoms with Crippen LogP contribution in [0.25, 0.3) is 0 Å². The van der Waals surface area contributed by atoms with Gasteiger partial charge in [0.1, 0.15) is 0 Å². The first-order chi connectivity index (χ1) is 8.70. The number of rotatable bonds is 4. The van der Waals surface area contributed by atoms with E-state index in [0.29, 0.717) is 12.1 Å². The van der Waals surface area contributed by atoms with Gasteiger partial charge in [0.2, 0.25) is 0 Å². The summed E-state index contributed by atoms with van der Waals surface area (Å²) >= 11 is 0. The Hall–Kier alpha value is -0.970. The molecule has 1 saturated heterocycles. The van der Waals surface area contributed by atoms with Crippen molar-refractivity contribution in [2.75, 3.05) is 26.7 Å². The molecule has 1 aromatic heterocycles. The summed E-state index contributed by atoms with van der Waals surface area (Å²) in [5.74, 6) is 0. The number of likely N-dealkylation sites (N-methyl/N-ethyl adjacent to an activating group) is 1. The van der Waals surface area contributed by atoms with Crippen LogP contribution in [-0.2, 0) is 6.54 Å². The quantitative estimate of drug-likeness (QED) is 0.861. The van der Waals surface area contributed by atoms with Crippen LogP contribution < -0.4 is 5.73 Å². The highest BCUT2D eigenvalue weighted by atomic mass is 15.3. The van der Waals surface area contributed by atoms with Gasteiger partial charge in [-0.1, -0.05) is 0 Å². The average molecular weight is 248 g/mol. The van der Waals surface area contributed by atoms with Gasteiger partial charge < -0.3 is 10.6 Å². The van der Waals surface area contributed by atoms with Crippen LogP contribution in [0.1, 0.15) is 18.9 Å². The first-order valence-corrected chi connectivity index (χ1v) is 6.74. The van der Waals surface area contributed by atoms with Crippen LogP contribution in [0.3, 0.4) is 0 Å². The van der Waals surface area contributed by atoms with Crippen LogP contribution in [0.5, 0.6) is 0 Å². The van der Waals surface area contributed by atoms with Gasteiger partial charge in [0.05, 0.1) is 0 Å². The largest absolute Gasteiger partial charge is 0.330 e. The van der Waals surface area contributed by atoms with E-state index >= 15 is 0 Å². The Balaban J connectivity index is 2.07. The zero-order valence-corrected chi connectivity index (χ0v) is 11.4. The number of piperazine rings is 1. The topological polar surface area (TPSA) is 45.4 Å². The Morgan fingerprint density at radius 3 is 2.72 bits per heavy atom. The van der Waals surface area contributed by atoms with Gasteiger partial charge in [-0.2, -0.15) is 0 Å². The third-order valence-corrected chi connectivity index (χ3v) is 3.75. The molecule has 4 nitrogen and oxygen atoms in total. The summed E-state index contributed by atoms with van der Waals surface area (Å²) in [5.41, 5.74) is 7.09. The van der Waals surface area contributed by atoms with Gasteiger partial charge >= 0.3 is 0 Å². The second kappa shape index (κ2) is 6.27. The molecule has 2 N–H and O–H groups in total. The Morgan fingerprint density at radius 1 is 1.33 bits per heavy atom. The maximum atomic E-state index is 5.75. The summed E-state index contributed by atoms with van der Waals surface area (Å²) in [5, 5.41) is 0. The predicted octanol–water partition coefficient (Wildman–Crippen LogP) is 0.935. The summed E-state index contributed by atoms with van der Waals surface area (Å²) in [6.45, 7) is 6.32. The normalized spacial score (nSPS) is 26.4. The van der Waals surface area contributed by atoms with Crippen LogP contribution in [0, 0.1) is 0 Å². The third kappa shape index (κ3) is 3.28. The van der Waals surface area contributed by atoms with Crippen molar-refractivity contribution >= 4 is 0 Å². The number of hydrogen-bond acceptors (Lipinski definition) is 4. The molecule has 0 aromatic carbocycles. The van der Waals surface area contributed by atoms with Crippen molar-refractivity contribution in [3.8, 4) is 0 Å². The summed E-state index contributed by atoms with van der Waals surface area (Å²) in [6, 6.07) is 5.35. The maximum Gasteiger partial charge on any atom is 0.0271 e. The molecule has 0 spiro atoms. The van der Waals surface area contributed by atoms with Gasteiger partial charge in [-0.3, -0.25) is 9.88 Å². The van der Waals surface area contributed by atoms with Crippen molar-refractivity contribution < 1.29 is 0 Å². The fourth-order valence-electron chi connectivity index (χ4n) is 2.89. The van der Waals surface area contributed by atoms with Gasteiger partial charge in [-0.05, 0) is 44.6 Å². The van der Waals surface area contributed by atoms with Crippen molar-refractivity contribution in [2.45, 2.75) is 32.0 Å². The first kappa shape index (κ1) is 13.5. The van der Waals surface area contributed by atoms with Crippen LogP contribution >= 0.6 is 0 Å². The number of nitrogens with two attached hydrogens (primary N) is 1. The number of hydrogen-bond donors (Lipinski definition) is 1. The molecule has 1 fully saturated rings. The lowest BCUT2D eigenvalue weighted by Crippen LogP contribution is -2.56. The van der Waals surface area contributed by atoms with Crippen molar-refractivity contribution in [3.05, 3.63) is 30.1 Å². The van der Waals surface area contributed by atoms with Gasteiger partial charge in [-0.25, -0.2) is 0 Å². The van der Waals surface area contributed by atoms with Crippen molar-refractivity contribution in [1.82, 2.24) is 14.8 Å². The van der Waals surface area contributed by atoms with E-state index in [2.05, 4.69) is 40.9 Å². The smallest absolute Gasteiger partial charge is 0.0271 e. The summed E-state index contributed by atoms with van der Waals surface area (Å²) in [6.07, 6.45) is 4.81. The van der Waals surface area contributed by atoms with E-state index in [9.17, 15) is 0 Å². The fourth-order valence-corrected chi connectivity index (χ4v) is 2.89. The summed E-state index contributed by atoms with van der Waals surface area (Å²) < 4.78 is 0. The zero-order chi connectivity index (χ0) is 13.0. The summed E-state index contributed by atoms with van der Waals surface area (Å²) in [7, 11) is 2.20. The molecule has 2 atom stereocenters.